The van der Waals surface area contributed by atoms with Crippen molar-refractivity contribution in [3.05, 3.63) is 63.7 Å². The van der Waals surface area contributed by atoms with E-state index in [0.29, 0.717) is 5.88 Å². The fraction of sp³-hybridized carbons (Fsp3) is 0.200. The fourth-order valence-corrected chi connectivity index (χ4v) is 2.30. The lowest BCUT2D eigenvalue weighted by molar-refractivity contribution is 0.202. The molecule has 0 amide bonds. The van der Waals surface area contributed by atoms with Crippen molar-refractivity contribution in [2.75, 3.05) is 5.88 Å². The van der Waals surface area contributed by atoms with Crippen LogP contribution >= 0.6 is 34.2 Å². The maximum absolute atomic E-state index is 6.01. The molecule has 1 atom stereocenters. The first-order valence-corrected chi connectivity index (χ1v) is 7.44. The predicted molar refractivity (Wildman–Crippen MR) is 84.3 cm³/mol. The van der Waals surface area contributed by atoms with Gasteiger partial charge in [0.1, 0.15) is 11.9 Å². The molecular weight excluding hydrogens is 359 g/mol. The number of ether oxygens (including phenoxy) is 1. The van der Waals surface area contributed by atoms with Gasteiger partial charge in [-0.25, -0.2) is 0 Å². The lowest BCUT2D eigenvalue weighted by atomic mass is 10.1. The van der Waals surface area contributed by atoms with Crippen LogP contribution in [-0.2, 0) is 0 Å². The summed E-state index contributed by atoms with van der Waals surface area (Å²) in [6.07, 6.45) is 0.821. The average Bonchev–Trinajstić information content (AvgIpc) is 2.42. The van der Waals surface area contributed by atoms with Gasteiger partial charge in [-0.15, -0.1) is 11.6 Å². The van der Waals surface area contributed by atoms with Gasteiger partial charge in [0, 0.05) is 15.9 Å². The minimum absolute atomic E-state index is 0.0174. The van der Waals surface area contributed by atoms with E-state index in [-0.39, 0.29) is 6.10 Å². The molecule has 1 nitrogen and oxygen atoms in total. The standard InChI is InChI=1S/C15H14ClIO/c16-11-10-15(12-4-2-1-3-5-12)18-14-8-6-13(17)7-9-14/h1-9,15H,10-11H2/t15-/m1/s1. The van der Waals surface area contributed by atoms with Crippen molar-refractivity contribution in [1.29, 1.82) is 0 Å². The number of rotatable bonds is 5. The molecule has 2 rings (SSSR count). The highest BCUT2D eigenvalue weighted by molar-refractivity contribution is 14.1. The summed E-state index contributed by atoms with van der Waals surface area (Å²) in [6.45, 7) is 0. The fourth-order valence-electron chi connectivity index (χ4n) is 1.74. The van der Waals surface area contributed by atoms with Gasteiger partial charge in [0.25, 0.3) is 0 Å². The van der Waals surface area contributed by atoms with E-state index in [4.69, 9.17) is 16.3 Å². The molecule has 0 heterocycles. The van der Waals surface area contributed by atoms with E-state index in [1.54, 1.807) is 0 Å². The first-order chi connectivity index (χ1) is 8.79. The molecule has 0 saturated heterocycles. The number of hydrogen-bond acceptors (Lipinski definition) is 1. The van der Waals surface area contributed by atoms with Gasteiger partial charge in [-0.05, 0) is 52.4 Å². The Labute approximate surface area is 126 Å². The molecule has 0 N–H and O–H groups in total. The zero-order valence-corrected chi connectivity index (χ0v) is 12.8. The largest absolute Gasteiger partial charge is 0.486 e. The lowest BCUT2D eigenvalue weighted by Crippen LogP contribution is -2.08. The zero-order valence-electron chi connectivity index (χ0n) is 9.85. The van der Waals surface area contributed by atoms with Gasteiger partial charge in [-0.3, -0.25) is 0 Å². The van der Waals surface area contributed by atoms with Gasteiger partial charge >= 0.3 is 0 Å². The minimum atomic E-state index is 0.0174. The van der Waals surface area contributed by atoms with Crippen LogP contribution < -0.4 is 4.74 Å². The summed E-state index contributed by atoms with van der Waals surface area (Å²) in [6, 6.07) is 18.3. The van der Waals surface area contributed by atoms with Gasteiger partial charge in [-0.1, -0.05) is 30.3 Å². The summed E-state index contributed by atoms with van der Waals surface area (Å²) in [7, 11) is 0. The Morgan fingerprint density at radius 3 is 2.28 bits per heavy atom. The molecule has 2 aromatic rings. The first kappa shape index (κ1) is 13.7. The second-order valence-electron chi connectivity index (χ2n) is 3.95. The molecule has 0 aliphatic heterocycles. The molecule has 18 heavy (non-hydrogen) atoms. The first-order valence-electron chi connectivity index (χ1n) is 5.83. The van der Waals surface area contributed by atoms with Crippen molar-refractivity contribution in [1.82, 2.24) is 0 Å². The molecule has 0 aliphatic carbocycles. The Bertz CT molecular complexity index is 470. The maximum Gasteiger partial charge on any atom is 0.125 e. The molecule has 0 fully saturated rings. The number of halogens is 2. The van der Waals surface area contributed by atoms with Crippen LogP contribution in [0.4, 0.5) is 0 Å². The highest BCUT2D eigenvalue weighted by Crippen LogP contribution is 2.25. The van der Waals surface area contributed by atoms with Crippen LogP contribution in [0.1, 0.15) is 18.1 Å². The molecule has 0 aromatic heterocycles. The van der Waals surface area contributed by atoms with Crippen molar-refractivity contribution in [3.8, 4) is 5.75 Å². The summed E-state index contributed by atoms with van der Waals surface area (Å²) in [5.74, 6) is 1.47. The topological polar surface area (TPSA) is 9.23 Å². The maximum atomic E-state index is 6.01. The Morgan fingerprint density at radius 1 is 1.00 bits per heavy atom. The second-order valence-corrected chi connectivity index (χ2v) is 5.57. The summed E-state index contributed by atoms with van der Waals surface area (Å²) in [4.78, 5) is 0. The number of hydrogen-bond donors (Lipinski definition) is 0. The summed E-state index contributed by atoms with van der Waals surface area (Å²) < 4.78 is 7.21. The molecule has 0 aliphatic rings. The molecular formula is C15H14ClIO. The van der Waals surface area contributed by atoms with Crippen LogP contribution in [0.15, 0.2) is 54.6 Å². The SMILES string of the molecule is ClCC[C@@H](Oc1ccc(I)cc1)c1ccccc1. The summed E-state index contributed by atoms with van der Waals surface area (Å²) in [5.41, 5.74) is 1.16. The van der Waals surface area contributed by atoms with Gasteiger partial charge in [0.2, 0.25) is 0 Å². The van der Waals surface area contributed by atoms with Crippen LogP contribution in [0.5, 0.6) is 5.75 Å². The Morgan fingerprint density at radius 2 is 1.67 bits per heavy atom. The smallest absolute Gasteiger partial charge is 0.125 e. The van der Waals surface area contributed by atoms with E-state index in [1.807, 2.05) is 42.5 Å². The van der Waals surface area contributed by atoms with Gasteiger partial charge in [-0.2, -0.15) is 0 Å². The highest BCUT2D eigenvalue weighted by Gasteiger charge is 2.12. The molecule has 94 valence electrons. The second kappa shape index (κ2) is 7.00. The van der Waals surface area contributed by atoms with Gasteiger partial charge < -0.3 is 4.74 Å². The van der Waals surface area contributed by atoms with E-state index < -0.39 is 0 Å². The average molecular weight is 373 g/mol. The van der Waals surface area contributed by atoms with Crippen LogP contribution in [0.25, 0.3) is 0 Å². The van der Waals surface area contributed by atoms with Crippen molar-refractivity contribution >= 4 is 34.2 Å². The molecule has 0 bridgehead atoms. The zero-order chi connectivity index (χ0) is 12.8. The monoisotopic (exact) mass is 372 g/mol. The highest BCUT2D eigenvalue weighted by atomic mass is 127. The molecule has 0 spiro atoms. The van der Waals surface area contributed by atoms with Crippen LogP contribution in [-0.4, -0.2) is 5.88 Å². The Balaban J connectivity index is 2.14. The van der Waals surface area contributed by atoms with Crippen LogP contribution in [0.3, 0.4) is 0 Å². The van der Waals surface area contributed by atoms with Gasteiger partial charge in [0.05, 0.1) is 0 Å². The normalized spacial score (nSPS) is 12.1. The van der Waals surface area contributed by atoms with E-state index in [1.165, 1.54) is 3.57 Å². The van der Waals surface area contributed by atoms with Gasteiger partial charge in [0.15, 0.2) is 0 Å². The van der Waals surface area contributed by atoms with E-state index in [2.05, 4.69) is 34.7 Å². The quantitative estimate of drug-likeness (QED) is 0.528. The molecule has 0 saturated carbocycles. The van der Waals surface area contributed by atoms with Crippen molar-refractivity contribution in [3.63, 3.8) is 0 Å². The third kappa shape index (κ3) is 3.89. The van der Waals surface area contributed by atoms with E-state index in [0.717, 1.165) is 17.7 Å². The lowest BCUT2D eigenvalue weighted by Gasteiger charge is -2.18. The third-order valence-corrected chi connectivity index (χ3v) is 3.57. The van der Waals surface area contributed by atoms with Crippen molar-refractivity contribution in [2.45, 2.75) is 12.5 Å². The molecule has 0 radical (unpaired) electrons. The predicted octanol–water partition coefficient (Wildman–Crippen LogP) is 5.04. The Kier molecular flexibility index (Phi) is 5.32. The third-order valence-electron chi connectivity index (χ3n) is 2.63. The number of alkyl halides is 1. The number of benzene rings is 2. The van der Waals surface area contributed by atoms with E-state index in [9.17, 15) is 0 Å². The van der Waals surface area contributed by atoms with Crippen molar-refractivity contribution in [2.24, 2.45) is 0 Å². The molecule has 0 unspecified atom stereocenters. The summed E-state index contributed by atoms with van der Waals surface area (Å²) in [5, 5.41) is 0. The van der Waals surface area contributed by atoms with Crippen LogP contribution in [0, 0.1) is 3.57 Å². The summed E-state index contributed by atoms with van der Waals surface area (Å²) >= 11 is 8.14. The van der Waals surface area contributed by atoms with E-state index >= 15 is 0 Å². The molecule has 2 aromatic carbocycles. The van der Waals surface area contributed by atoms with Crippen LogP contribution in [0.2, 0.25) is 0 Å². The minimum Gasteiger partial charge on any atom is -0.486 e. The molecule has 3 heteroatoms. The Hall–Kier alpha value is -0.740. The van der Waals surface area contributed by atoms with Crippen molar-refractivity contribution < 1.29 is 4.74 Å².